The lowest BCUT2D eigenvalue weighted by atomic mass is 10.1. The molecular weight excluding hydrogens is 302 g/mol. The van der Waals surface area contributed by atoms with Crippen molar-refractivity contribution in [3.05, 3.63) is 75.7 Å². The molecule has 3 aromatic rings. The molecule has 1 aromatic heterocycles. The zero-order chi connectivity index (χ0) is 17.1. The van der Waals surface area contributed by atoms with Gasteiger partial charge in [-0.15, -0.1) is 0 Å². The summed E-state index contributed by atoms with van der Waals surface area (Å²) in [6.45, 7) is 4.20. The molecule has 5 nitrogen and oxygen atoms in total. The predicted octanol–water partition coefficient (Wildman–Crippen LogP) is 2.33. The fraction of sp³-hybridized carbons (Fsp3) is 0.211. The minimum Gasteiger partial charge on any atom is -0.350 e. The van der Waals surface area contributed by atoms with Gasteiger partial charge >= 0.3 is 0 Å². The highest BCUT2D eigenvalue weighted by Gasteiger charge is 2.10. The molecule has 5 heteroatoms. The third-order valence-electron chi connectivity index (χ3n) is 3.96. The Morgan fingerprint density at radius 2 is 1.71 bits per heavy atom. The summed E-state index contributed by atoms with van der Waals surface area (Å²) in [6.07, 6.45) is 0. The Kier molecular flexibility index (Phi) is 4.42. The number of rotatable bonds is 4. The Morgan fingerprint density at radius 3 is 2.42 bits per heavy atom. The summed E-state index contributed by atoms with van der Waals surface area (Å²) in [5.41, 5.74) is 2.68. The largest absolute Gasteiger partial charge is 0.350 e. The van der Waals surface area contributed by atoms with E-state index in [0.717, 1.165) is 16.6 Å². The fourth-order valence-corrected chi connectivity index (χ4v) is 2.61. The molecule has 0 radical (unpaired) electrons. The smallest absolute Gasteiger partial charge is 0.275 e. The number of nitrogens with zero attached hydrogens (tertiary/aromatic N) is 2. The van der Waals surface area contributed by atoms with Crippen LogP contribution in [0.5, 0.6) is 0 Å². The molecule has 0 saturated carbocycles. The average molecular weight is 321 g/mol. The molecule has 2 aromatic carbocycles. The van der Waals surface area contributed by atoms with Gasteiger partial charge in [-0.1, -0.05) is 48.0 Å². The summed E-state index contributed by atoms with van der Waals surface area (Å²) in [6, 6.07) is 15.2. The van der Waals surface area contributed by atoms with Crippen molar-refractivity contribution in [2.45, 2.75) is 26.9 Å². The quantitative estimate of drug-likeness (QED) is 0.802. The van der Waals surface area contributed by atoms with Crippen molar-refractivity contribution in [3.63, 3.8) is 0 Å². The maximum atomic E-state index is 12.4. The standard InChI is InChI=1S/C19H19N3O2/c1-13-7-9-15(10-8-13)11-20-18(23)12-22-19(24)17-6-4-3-5-16(17)14(2)21-22/h3-10H,11-12H2,1-2H3,(H,20,23). The van der Waals surface area contributed by atoms with Crippen molar-refractivity contribution in [2.75, 3.05) is 0 Å². The second-order valence-electron chi connectivity index (χ2n) is 5.86. The van der Waals surface area contributed by atoms with Crippen LogP contribution in [-0.4, -0.2) is 15.7 Å². The minimum atomic E-state index is -0.248. The van der Waals surface area contributed by atoms with Crippen molar-refractivity contribution in [1.29, 1.82) is 0 Å². The first-order valence-corrected chi connectivity index (χ1v) is 7.83. The van der Waals surface area contributed by atoms with E-state index in [0.29, 0.717) is 11.9 Å². The first kappa shape index (κ1) is 15.9. The number of benzene rings is 2. The van der Waals surface area contributed by atoms with Crippen LogP contribution >= 0.6 is 0 Å². The molecule has 0 aliphatic rings. The molecule has 0 bridgehead atoms. The van der Waals surface area contributed by atoms with Crippen LogP contribution in [0.15, 0.2) is 53.3 Å². The summed E-state index contributed by atoms with van der Waals surface area (Å²) in [5.74, 6) is -0.236. The summed E-state index contributed by atoms with van der Waals surface area (Å²) in [5, 5.41) is 8.47. The van der Waals surface area contributed by atoms with Gasteiger partial charge < -0.3 is 5.32 Å². The third kappa shape index (κ3) is 3.35. The van der Waals surface area contributed by atoms with Gasteiger partial charge in [-0.05, 0) is 25.5 Å². The maximum Gasteiger partial charge on any atom is 0.275 e. The normalized spacial score (nSPS) is 10.8. The van der Waals surface area contributed by atoms with Gasteiger partial charge in [0.15, 0.2) is 0 Å². The molecule has 0 aliphatic carbocycles. The molecular formula is C19H19N3O2. The monoisotopic (exact) mass is 321 g/mol. The van der Waals surface area contributed by atoms with Gasteiger partial charge in [-0.25, -0.2) is 4.68 Å². The Balaban J connectivity index is 1.75. The summed E-state index contributed by atoms with van der Waals surface area (Å²) < 4.78 is 1.22. The lowest BCUT2D eigenvalue weighted by molar-refractivity contribution is -0.122. The minimum absolute atomic E-state index is 0.0869. The van der Waals surface area contributed by atoms with Gasteiger partial charge in [-0.3, -0.25) is 9.59 Å². The van der Waals surface area contributed by atoms with E-state index in [1.54, 1.807) is 6.07 Å². The van der Waals surface area contributed by atoms with Gasteiger partial charge in [0, 0.05) is 11.9 Å². The van der Waals surface area contributed by atoms with Crippen molar-refractivity contribution < 1.29 is 4.79 Å². The average Bonchev–Trinajstić information content (AvgIpc) is 2.59. The summed E-state index contributed by atoms with van der Waals surface area (Å²) >= 11 is 0. The number of aromatic nitrogens is 2. The van der Waals surface area contributed by atoms with E-state index in [2.05, 4.69) is 10.4 Å². The number of amides is 1. The molecule has 1 heterocycles. The number of carbonyl (C=O) groups excluding carboxylic acids is 1. The first-order chi connectivity index (χ1) is 11.5. The number of nitrogens with one attached hydrogen (secondary N) is 1. The fourth-order valence-electron chi connectivity index (χ4n) is 2.61. The van der Waals surface area contributed by atoms with Gasteiger partial charge in [0.1, 0.15) is 6.54 Å². The van der Waals surface area contributed by atoms with E-state index in [1.807, 2.05) is 56.3 Å². The summed E-state index contributed by atoms with van der Waals surface area (Å²) in [4.78, 5) is 24.6. The highest BCUT2D eigenvalue weighted by molar-refractivity contribution is 5.83. The zero-order valence-corrected chi connectivity index (χ0v) is 13.7. The van der Waals surface area contributed by atoms with Crippen LogP contribution in [0, 0.1) is 13.8 Å². The molecule has 122 valence electrons. The zero-order valence-electron chi connectivity index (χ0n) is 13.7. The molecule has 24 heavy (non-hydrogen) atoms. The maximum absolute atomic E-state index is 12.4. The molecule has 3 rings (SSSR count). The first-order valence-electron chi connectivity index (χ1n) is 7.83. The lowest BCUT2D eigenvalue weighted by Crippen LogP contribution is -2.33. The second kappa shape index (κ2) is 6.66. The van der Waals surface area contributed by atoms with Crippen LogP contribution in [0.4, 0.5) is 0 Å². The molecule has 0 aliphatic heterocycles. The Labute approximate surface area is 139 Å². The molecule has 0 unspecified atom stereocenters. The number of aryl methyl sites for hydroxylation is 2. The van der Waals surface area contributed by atoms with Gasteiger partial charge in [-0.2, -0.15) is 5.10 Å². The van der Waals surface area contributed by atoms with E-state index in [-0.39, 0.29) is 18.0 Å². The van der Waals surface area contributed by atoms with E-state index < -0.39 is 0 Å². The predicted molar refractivity (Wildman–Crippen MR) is 93.8 cm³/mol. The molecule has 1 N–H and O–H groups in total. The van der Waals surface area contributed by atoms with Crippen LogP contribution in [0.3, 0.4) is 0 Å². The van der Waals surface area contributed by atoms with Crippen molar-refractivity contribution in [1.82, 2.24) is 15.1 Å². The molecule has 0 spiro atoms. The van der Waals surface area contributed by atoms with E-state index in [9.17, 15) is 9.59 Å². The molecule has 1 amide bonds. The van der Waals surface area contributed by atoms with Crippen LogP contribution in [0.2, 0.25) is 0 Å². The van der Waals surface area contributed by atoms with E-state index >= 15 is 0 Å². The summed E-state index contributed by atoms with van der Waals surface area (Å²) in [7, 11) is 0. The van der Waals surface area contributed by atoms with E-state index in [1.165, 1.54) is 10.2 Å². The van der Waals surface area contributed by atoms with Gasteiger partial charge in [0.2, 0.25) is 5.91 Å². The Bertz CT molecular complexity index is 943. The topological polar surface area (TPSA) is 64.0 Å². The number of carbonyl (C=O) groups is 1. The molecule has 0 saturated heterocycles. The highest BCUT2D eigenvalue weighted by atomic mass is 16.2. The second-order valence-corrected chi connectivity index (χ2v) is 5.86. The molecule has 0 fully saturated rings. The number of fused-ring (bicyclic) bond motifs is 1. The number of hydrogen-bond donors (Lipinski definition) is 1. The SMILES string of the molecule is Cc1ccc(CNC(=O)Cn2nc(C)c3ccccc3c2=O)cc1. The molecule has 0 atom stereocenters. The lowest BCUT2D eigenvalue weighted by Gasteiger charge is -2.09. The van der Waals surface area contributed by atoms with Crippen LogP contribution in [0.1, 0.15) is 16.8 Å². The Morgan fingerprint density at radius 1 is 1.04 bits per heavy atom. The van der Waals surface area contributed by atoms with Crippen LogP contribution in [-0.2, 0) is 17.9 Å². The van der Waals surface area contributed by atoms with Gasteiger partial charge in [0.05, 0.1) is 11.1 Å². The van der Waals surface area contributed by atoms with Gasteiger partial charge in [0.25, 0.3) is 5.56 Å². The van der Waals surface area contributed by atoms with Crippen LogP contribution < -0.4 is 10.9 Å². The van der Waals surface area contributed by atoms with Crippen LogP contribution in [0.25, 0.3) is 10.8 Å². The highest BCUT2D eigenvalue weighted by Crippen LogP contribution is 2.11. The third-order valence-corrected chi connectivity index (χ3v) is 3.96. The van der Waals surface area contributed by atoms with Crippen molar-refractivity contribution in [3.8, 4) is 0 Å². The number of hydrogen-bond acceptors (Lipinski definition) is 3. The van der Waals surface area contributed by atoms with Crippen molar-refractivity contribution in [2.24, 2.45) is 0 Å². The van der Waals surface area contributed by atoms with Crippen molar-refractivity contribution >= 4 is 16.7 Å². The van der Waals surface area contributed by atoms with E-state index in [4.69, 9.17) is 0 Å². The Hall–Kier alpha value is -2.95.